The summed E-state index contributed by atoms with van der Waals surface area (Å²) < 4.78 is 34.9. The van der Waals surface area contributed by atoms with Crippen molar-refractivity contribution in [1.82, 2.24) is 9.55 Å². The van der Waals surface area contributed by atoms with Crippen molar-refractivity contribution in [3.8, 4) is 28.4 Å². The summed E-state index contributed by atoms with van der Waals surface area (Å²) in [5.74, 6) is 2.22. The molecular formula is C55H56N4O. The lowest BCUT2D eigenvalue weighted by Crippen LogP contribution is -2.25. The van der Waals surface area contributed by atoms with Crippen molar-refractivity contribution in [2.45, 2.75) is 85.4 Å². The number of pyridine rings is 1. The SMILES string of the molecule is [2H]C([2H])([2H])c1cccc2c1N(c1cc(C(C)(C)C)cc(C(C)(C)C)c1)CN2c1cccc(Oc2ccc3c4cc(-c5ccccc5)ccc4n(-c4cc(C(C)(C)C)ccn4)c3c2)c1. The van der Waals surface area contributed by atoms with E-state index in [-0.39, 0.29) is 16.2 Å². The summed E-state index contributed by atoms with van der Waals surface area (Å²) in [6.07, 6.45) is 1.90. The van der Waals surface area contributed by atoms with Crippen LogP contribution in [0.1, 0.15) is 88.7 Å². The van der Waals surface area contributed by atoms with E-state index in [1.165, 1.54) is 22.3 Å². The number of aryl methyl sites for hydroxylation is 1. The van der Waals surface area contributed by atoms with Crippen LogP contribution in [0.2, 0.25) is 0 Å². The number of anilines is 4. The molecule has 0 amide bonds. The van der Waals surface area contributed by atoms with Gasteiger partial charge < -0.3 is 14.5 Å². The number of aromatic nitrogens is 2. The molecule has 0 aliphatic carbocycles. The second-order valence-electron chi connectivity index (χ2n) is 19.3. The van der Waals surface area contributed by atoms with Gasteiger partial charge in [0.05, 0.1) is 22.4 Å². The molecular weight excluding hydrogens is 733 g/mol. The number of hydrogen-bond donors (Lipinski definition) is 0. The molecule has 8 aromatic rings. The van der Waals surface area contributed by atoms with Crippen LogP contribution < -0.4 is 14.5 Å². The van der Waals surface area contributed by atoms with Crippen LogP contribution in [0.4, 0.5) is 22.7 Å². The lowest BCUT2D eigenvalue weighted by Gasteiger charge is -2.29. The van der Waals surface area contributed by atoms with Crippen molar-refractivity contribution in [3.05, 3.63) is 168 Å². The monoisotopic (exact) mass is 791 g/mol. The van der Waals surface area contributed by atoms with Crippen molar-refractivity contribution in [1.29, 1.82) is 0 Å². The van der Waals surface area contributed by atoms with Crippen LogP contribution in [0, 0.1) is 6.85 Å². The molecule has 1 aliphatic rings. The van der Waals surface area contributed by atoms with Crippen molar-refractivity contribution >= 4 is 44.6 Å². The third kappa shape index (κ3) is 7.21. The Morgan fingerprint density at radius 3 is 1.97 bits per heavy atom. The quantitative estimate of drug-likeness (QED) is 0.168. The second kappa shape index (κ2) is 14.4. The zero-order chi connectivity index (χ0) is 44.6. The van der Waals surface area contributed by atoms with E-state index in [1.54, 1.807) is 6.07 Å². The summed E-state index contributed by atoms with van der Waals surface area (Å²) in [5.41, 5.74) is 11.5. The molecule has 0 unspecified atom stereocenters. The Morgan fingerprint density at radius 2 is 1.25 bits per heavy atom. The largest absolute Gasteiger partial charge is 0.457 e. The maximum Gasteiger partial charge on any atom is 0.137 e. The van der Waals surface area contributed by atoms with E-state index >= 15 is 0 Å². The van der Waals surface area contributed by atoms with Crippen molar-refractivity contribution < 1.29 is 8.85 Å². The number of hydrogen-bond acceptors (Lipinski definition) is 4. The Bertz CT molecular complexity index is 2990. The standard InChI is InChI=1S/C55H56N4O/c1-36-16-14-21-49-52(36)58(43-30-40(54(5,6)7)29-41(31-43)55(8,9)10)35-57(49)42-19-15-20-44(33-42)60-45-23-24-46-47-28-38(37-17-12-11-13-18-37)22-25-48(47)59(50(46)34-45)51-32-39(26-27-56-51)53(2,3)4/h11-34H,35H2,1-10H3/i1D3. The van der Waals surface area contributed by atoms with Crippen LogP contribution in [0.15, 0.2) is 146 Å². The first-order valence-corrected chi connectivity index (χ1v) is 21.0. The van der Waals surface area contributed by atoms with Gasteiger partial charge in [0, 0.05) is 44.6 Å². The van der Waals surface area contributed by atoms with Crippen molar-refractivity contribution in [2.24, 2.45) is 0 Å². The third-order valence-electron chi connectivity index (χ3n) is 11.9. The van der Waals surface area contributed by atoms with Crippen LogP contribution >= 0.6 is 0 Å². The third-order valence-corrected chi connectivity index (χ3v) is 11.9. The predicted octanol–water partition coefficient (Wildman–Crippen LogP) is 15.1. The maximum atomic E-state index is 8.62. The van der Waals surface area contributed by atoms with Crippen molar-refractivity contribution in [3.63, 3.8) is 0 Å². The van der Waals surface area contributed by atoms with Gasteiger partial charge in [-0.25, -0.2) is 4.98 Å². The Kier molecular flexibility index (Phi) is 8.57. The van der Waals surface area contributed by atoms with E-state index in [0.29, 0.717) is 29.4 Å². The topological polar surface area (TPSA) is 33.5 Å². The molecule has 0 saturated carbocycles. The van der Waals surface area contributed by atoms with Crippen LogP contribution in [0.5, 0.6) is 11.5 Å². The molecule has 0 saturated heterocycles. The van der Waals surface area contributed by atoms with Gasteiger partial charge in [0.1, 0.15) is 24.0 Å². The van der Waals surface area contributed by atoms with E-state index in [2.05, 4.69) is 168 Å². The number of fused-ring (bicyclic) bond motifs is 4. The molecule has 302 valence electrons. The van der Waals surface area contributed by atoms with Crippen LogP contribution in [0.25, 0.3) is 38.8 Å². The molecule has 2 aromatic heterocycles. The molecule has 1 aliphatic heterocycles. The number of para-hydroxylation sites is 1. The van der Waals surface area contributed by atoms with E-state index in [4.69, 9.17) is 13.8 Å². The van der Waals surface area contributed by atoms with E-state index in [0.717, 1.165) is 50.2 Å². The molecule has 9 rings (SSSR count). The summed E-state index contributed by atoms with van der Waals surface area (Å²) in [7, 11) is 0. The number of nitrogens with zero attached hydrogens (tertiary/aromatic N) is 4. The molecule has 0 fully saturated rings. The first-order chi connectivity index (χ1) is 29.7. The van der Waals surface area contributed by atoms with E-state index in [1.807, 2.05) is 48.7 Å². The van der Waals surface area contributed by atoms with Crippen LogP contribution in [-0.2, 0) is 16.2 Å². The Morgan fingerprint density at radius 1 is 0.533 bits per heavy atom. The van der Waals surface area contributed by atoms with E-state index < -0.39 is 6.85 Å². The minimum absolute atomic E-state index is 0.0523. The summed E-state index contributed by atoms with van der Waals surface area (Å²) >= 11 is 0. The first kappa shape index (κ1) is 35.6. The molecule has 5 nitrogen and oxygen atoms in total. The average molecular weight is 792 g/mol. The fraction of sp³-hybridized carbons (Fsp3) is 0.255. The molecule has 0 atom stereocenters. The van der Waals surface area contributed by atoms with Crippen LogP contribution in [0.3, 0.4) is 0 Å². The number of benzene rings is 6. The predicted molar refractivity (Wildman–Crippen MR) is 253 cm³/mol. The van der Waals surface area contributed by atoms with Gasteiger partial charge in [0.25, 0.3) is 0 Å². The highest BCUT2D eigenvalue weighted by molar-refractivity contribution is 6.10. The zero-order valence-corrected chi connectivity index (χ0v) is 36.3. The molecule has 0 N–H and O–H groups in total. The summed E-state index contributed by atoms with van der Waals surface area (Å²) in [6.45, 7) is 18.1. The lowest BCUT2D eigenvalue weighted by molar-refractivity contribution is 0.483. The summed E-state index contributed by atoms with van der Waals surface area (Å²) in [5, 5.41) is 2.25. The number of rotatable bonds is 6. The summed E-state index contributed by atoms with van der Waals surface area (Å²) in [6, 6.07) is 48.2. The van der Waals surface area contributed by atoms with Gasteiger partial charge >= 0.3 is 0 Å². The highest BCUT2D eigenvalue weighted by atomic mass is 16.5. The minimum atomic E-state index is -2.31. The smallest absolute Gasteiger partial charge is 0.137 e. The van der Waals surface area contributed by atoms with Gasteiger partial charge in [-0.3, -0.25) is 4.57 Å². The fourth-order valence-electron chi connectivity index (χ4n) is 8.37. The molecule has 60 heavy (non-hydrogen) atoms. The molecule has 5 heteroatoms. The molecule has 6 aromatic carbocycles. The van der Waals surface area contributed by atoms with Gasteiger partial charge in [0.15, 0.2) is 0 Å². The van der Waals surface area contributed by atoms with E-state index in [9.17, 15) is 0 Å². The Labute approximate surface area is 360 Å². The Balaban J connectivity index is 1.13. The molecule has 0 bridgehead atoms. The van der Waals surface area contributed by atoms with Gasteiger partial charge in [-0.15, -0.1) is 0 Å². The van der Waals surface area contributed by atoms with Gasteiger partial charge in [-0.05, 0) is 123 Å². The normalized spacial score (nSPS) is 14.3. The molecule has 0 spiro atoms. The molecule has 3 heterocycles. The molecule has 0 radical (unpaired) electrons. The summed E-state index contributed by atoms with van der Waals surface area (Å²) in [4.78, 5) is 9.29. The first-order valence-electron chi connectivity index (χ1n) is 22.5. The van der Waals surface area contributed by atoms with Crippen molar-refractivity contribution in [2.75, 3.05) is 16.5 Å². The highest BCUT2D eigenvalue weighted by Crippen LogP contribution is 2.48. The maximum absolute atomic E-state index is 8.62. The Hall–Kier alpha value is -6.33. The van der Waals surface area contributed by atoms with Gasteiger partial charge in [-0.2, -0.15) is 0 Å². The van der Waals surface area contributed by atoms with Gasteiger partial charge in [0.2, 0.25) is 0 Å². The fourth-order valence-corrected chi connectivity index (χ4v) is 8.37. The minimum Gasteiger partial charge on any atom is -0.457 e. The van der Waals surface area contributed by atoms with Crippen LogP contribution in [-0.4, -0.2) is 16.2 Å². The second-order valence-corrected chi connectivity index (χ2v) is 19.3. The highest BCUT2D eigenvalue weighted by Gasteiger charge is 2.32. The zero-order valence-electron chi connectivity index (χ0n) is 39.3. The average Bonchev–Trinajstić information content (AvgIpc) is 3.78. The number of ether oxygens (including phenoxy) is 1. The van der Waals surface area contributed by atoms with Gasteiger partial charge in [-0.1, -0.05) is 123 Å². The lowest BCUT2D eigenvalue weighted by atomic mass is 9.80.